The molecule has 2 heterocycles. The van der Waals surface area contributed by atoms with Crippen LogP contribution in [-0.4, -0.2) is 28.1 Å². The molecular weight excluding hydrogens is 326 g/mol. The van der Waals surface area contributed by atoms with E-state index in [0.29, 0.717) is 18.3 Å². The second kappa shape index (κ2) is 6.79. The molecule has 0 spiro atoms. The lowest BCUT2D eigenvalue weighted by atomic mass is 10.4. The van der Waals surface area contributed by atoms with Gasteiger partial charge in [0.1, 0.15) is 0 Å². The largest absolute Gasteiger partial charge is 0.338 e. The van der Waals surface area contributed by atoms with E-state index < -0.39 is 0 Å². The van der Waals surface area contributed by atoms with E-state index in [1.165, 1.54) is 0 Å². The quantitative estimate of drug-likeness (QED) is 0.720. The Morgan fingerprint density at radius 1 is 1.37 bits per heavy atom. The topological polar surface area (TPSA) is 42.2 Å². The summed E-state index contributed by atoms with van der Waals surface area (Å²) in [6.07, 6.45) is 3.69. The molecule has 2 aromatic heterocycles. The molecule has 0 amide bonds. The van der Waals surface area contributed by atoms with E-state index in [4.69, 9.17) is 4.52 Å². The summed E-state index contributed by atoms with van der Waals surface area (Å²) in [5.74, 6) is 1.23. The van der Waals surface area contributed by atoms with Gasteiger partial charge < -0.3 is 4.52 Å². The molecule has 0 unspecified atom stereocenters. The molecule has 0 saturated heterocycles. The molecule has 0 aliphatic carbocycles. The van der Waals surface area contributed by atoms with Crippen LogP contribution in [0.3, 0.4) is 0 Å². The van der Waals surface area contributed by atoms with Crippen LogP contribution in [0.25, 0.3) is 10.7 Å². The molecule has 0 N–H and O–H groups in total. The van der Waals surface area contributed by atoms with Gasteiger partial charge >= 0.3 is 0 Å². The predicted molar refractivity (Wildman–Crippen MR) is 81.0 cm³/mol. The summed E-state index contributed by atoms with van der Waals surface area (Å²) < 4.78 is 6.30. The van der Waals surface area contributed by atoms with Crippen LogP contribution >= 0.6 is 27.3 Å². The van der Waals surface area contributed by atoms with Gasteiger partial charge in [0.25, 0.3) is 0 Å². The minimum absolute atomic E-state index is 0.595. The van der Waals surface area contributed by atoms with Crippen LogP contribution in [0.2, 0.25) is 0 Å². The maximum absolute atomic E-state index is 5.27. The van der Waals surface area contributed by atoms with Crippen LogP contribution in [0.1, 0.15) is 5.89 Å². The zero-order valence-electron chi connectivity index (χ0n) is 10.4. The van der Waals surface area contributed by atoms with Crippen LogP contribution in [0.15, 0.2) is 45.8 Å². The Balaban J connectivity index is 2.07. The SMILES string of the molecule is C=CCN(CC=C)Cc1nc(-c2cc(Br)cs2)no1. The summed E-state index contributed by atoms with van der Waals surface area (Å²) >= 11 is 4.99. The summed E-state index contributed by atoms with van der Waals surface area (Å²) in [6.45, 7) is 9.58. The summed E-state index contributed by atoms with van der Waals surface area (Å²) in [4.78, 5) is 7.50. The smallest absolute Gasteiger partial charge is 0.241 e. The lowest BCUT2D eigenvalue weighted by molar-refractivity contribution is 0.266. The molecule has 4 nitrogen and oxygen atoms in total. The van der Waals surface area contributed by atoms with Crippen LogP contribution in [0.4, 0.5) is 0 Å². The molecule has 0 aromatic carbocycles. The van der Waals surface area contributed by atoms with Gasteiger partial charge in [0, 0.05) is 22.9 Å². The van der Waals surface area contributed by atoms with Crippen molar-refractivity contribution in [1.29, 1.82) is 0 Å². The van der Waals surface area contributed by atoms with Crippen molar-refractivity contribution in [3.05, 3.63) is 47.1 Å². The van der Waals surface area contributed by atoms with E-state index in [2.05, 4.69) is 44.1 Å². The fourth-order valence-corrected chi connectivity index (χ4v) is 2.96. The Hall–Kier alpha value is -1.24. The highest BCUT2D eigenvalue weighted by Crippen LogP contribution is 2.27. The fraction of sp³-hybridized carbons (Fsp3) is 0.231. The summed E-state index contributed by atoms with van der Waals surface area (Å²) in [7, 11) is 0. The van der Waals surface area contributed by atoms with Crippen molar-refractivity contribution < 1.29 is 4.52 Å². The van der Waals surface area contributed by atoms with Crippen LogP contribution in [-0.2, 0) is 6.54 Å². The molecule has 2 rings (SSSR count). The van der Waals surface area contributed by atoms with Gasteiger partial charge in [-0.1, -0.05) is 17.3 Å². The van der Waals surface area contributed by atoms with E-state index in [9.17, 15) is 0 Å². The third-order valence-electron chi connectivity index (χ3n) is 2.39. The number of nitrogens with zero attached hydrogens (tertiary/aromatic N) is 3. The van der Waals surface area contributed by atoms with Gasteiger partial charge in [0.2, 0.25) is 11.7 Å². The van der Waals surface area contributed by atoms with E-state index in [0.717, 1.165) is 22.4 Å². The minimum Gasteiger partial charge on any atom is -0.338 e. The maximum atomic E-state index is 5.27. The number of thiophene rings is 1. The van der Waals surface area contributed by atoms with Crippen molar-refractivity contribution in [3.8, 4) is 10.7 Å². The summed E-state index contributed by atoms with van der Waals surface area (Å²) in [5, 5.41) is 5.99. The molecule has 0 aliphatic heterocycles. The highest BCUT2D eigenvalue weighted by molar-refractivity contribution is 9.10. The minimum atomic E-state index is 0.595. The van der Waals surface area contributed by atoms with Gasteiger partial charge in [-0.3, -0.25) is 4.90 Å². The van der Waals surface area contributed by atoms with Gasteiger partial charge in [-0.2, -0.15) is 4.98 Å². The van der Waals surface area contributed by atoms with Gasteiger partial charge in [-0.15, -0.1) is 24.5 Å². The number of rotatable bonds is 7. The molecule has 0 aliphatic rings. The molecule has 0 radical (unpaired) electrons. The van der Waals surface area contributed by atoms with Gasteiger partial charge in [0.05, 0.1) is 11.4 Å². The first kappa shape index (κ1) is 14.2. The average Bonchev–Trinajstić information content (AvgIpc) is 2.99. The van der Waals surface area contributed by atoms with E-state index >= 15 is 0 Å². The Labute approximate surface area is 124 Å². The van der Waals surface area contributed by atoms with E-state index in [1.807, 2.05) is 23.6 Å². The number of halogens is 1. The monoisotopic (exact) mass is 339 g/mol. The van der Waals surface area contributed by atoms with Gasteiger partial charge in [-0.05, 0) is 22.0 Å². The highest BCUT2D eigenvalue weighted by atomic mass is 79.9. The first-order chi connectivity index (χ1) is 9.22. The molecule has 19 heavy (non-hydrogen) atoms. The molecule has 0 bridgehead atoms. The zero-order chi connectivity index (χ0) is 13.7. The summed E-state index contributed by atoms with van der Waals surface area (Å²) in [5.41, 5.74) is 0. The third kappa shape index (κ3) is 3.86. The Bertz CT molecular complexity index is 554. The first-order valence-electron chi connectivity index (χ1n) is 5.74. The molecule has 100 valence electrons. The first-order valence-corrected chi connectivity index (χ1v) is 7.41. The van der Waals surface area contributed by atoms with Gasteiger partial charge in [0.15, 0.2) is 0 Å². The van der Waals surface area contributed by atoms with Crippen molar-refractivity contribution in [1.82, 2.24) is 15.0 Å². The molecule has 2 aromatic rings. The van der Waals surface area contributed by atoms with Crippen molar-refractivity contribution in [2.24, 2.45) is 0 Å². The molecule has 0 fully saturated rings. The second-order valence-electron chi connectivity index (χ2n) is 3.91. The van der Waals surface area contributed by atoms with Crippen LogP contribution in [0.5, 0.6) is 0 Å². The van der Waals surface area contributed by atoms with Crippen molar-refractivity contribution in [2.75, 3.05) is 13.1 Å². The molecule has 6 heteroatoms. The van der Waals surface area contributed by atoms with E-state index in [1.54, 1.807) is 11.3 Å². The number of hydrogen-bond donors (Lipinski definition) is 0. The number of aromatic nitrogens is 2. The highest BCUT2D eigenvalue weighted by Gasteiger charge is 2.12. The lowest BCUT2D eigenvalue weighted by Gasteiger charge is -2.15. The Morgan fingerprint density at radius 3 is 2.68 bits per heavy atom. The Morgan fingerprint density at radius 2 is 2.11 bits per heavy atom. The number of hydrogen-bond acceptors (Lipinski definition) is 5. The Kier molecular flexibility index (Phi) is 5.07. The fourth-order valence-electron chi connectivity index (χ4n) is 1.61. The van der Waals surface area contributed by atoms with Crippen molar-refractivity contribution in [2.45, 2.75) is 6.54 Å². The van der Waals surface area contributed by atoms with Crippen LogP contribution < -0.4 is 0 Å². The third-order valence-corrected chi connectivity index (χ3v) is 4.08. The standard InChI is InChI=1S/C13H14BrN3OS/c1-3-5-17(6-4-2)8-12-15-13(16-18-12)11-7-10(14)9-19-11/h3-4,7,9H,1-2,5-6,8H2. The van der Waals surface area contributed by atoms with Crippen molar-refractivity contribution >= 4 is 27.3 Å². The zero-order valence-corrected chi connectivity index (χ0v) is 12.8. The lowest BCUT2D eigenvalue weighted by Crippen LogP contribution is -2.23. The molecule has 0 saturated carbocycles. The second-order valence-corrected chi connectivity index (χ2v) is 5.74. The molecular formula is C13H14BrN3OS. The maximum Gasteiger partial charge on any atom is 0.241 e. The average molecular weight is 340 g/mol. The van der Waals surface area contributed by atoms with Crippen LogP contribution in [0, 0.1) is 0 Å². The van der Waals surface area contributed by atoms with Gasteiger partial charge in [-0.25, -0.2) is 0 Å². The predicted octanol–water partition coefficient (Wildman–Crippen LogP) is 3.73. The van der Waals surface area contributed by atoms with E-state index in [-0.39, 0.29) is 0 Å². The normalized spacial score (nSPS) is 10.8. The molecule has 0 atom stereocenters. The van der Waals surface area contributed by atoms with Crippen molar-refractivity contribution in [3.63, 3.8) is 0 Å². The summed E-state index contributed by atoms with van der Waals surface area (Å²) in [6, 6.07) is 1.98.